The summed E-state index contributed by atoms with van der Waals surface area (Å²) in [6, 6.07) is -0.454. The lowest BCUT2D eigenvalue weighted by atomic mass is 10.1. The van der Waals surface area contributed by atoms with Crippen molar-refractivity contribution in [1.29, 1.82) is 0 Å². The molecule has 6 nitrogen and oxygen atoms in total. The van der Waals surface area contributed by atoms with Gasteiger partial charge in [-0.25, -0.2) is 8.42 Å². The molecule has 1 saturated heterocycles. The highest BCUT2D eigenvalue weighted by Crippen LogP contribution is 2.58. The van der Waals surface area contributed by atoms with E-state index in [9.17, 15) is 18.0 Å². The number of hydrogen-bond acceptors (Lipinski definition) is 4. The van der Waals surface area contributed by atoms with Gasteiger partial charge in [-0.3, -0.25) is 9.59 Å². The fraction of sp³-hybridized carbons (Fsp3) is 0.846. The van der Waals surface area contributed by atoms with E-state index in [4.69, 9.17) is 5.11 Å². The summed E-state index contributed by atoms with van der Waals surface area (Å²) in [5.41, 5.74) is 0. The molecule has 1 aliphatic heterocycles. The number of carbonyl (C=O) groups excluding carboxylic acids is 1. The average Bonchev–Trinajstić information content (AvgIpc) is 2.72. The second-order valence-corrected chi connectivity index (χ2v) is 8.43. The van der Waals surface area contributed by atoms with Crippen LogP contribution < -0.4 is 0 Å². The molecule has 0 bridgehead atoms. The summed E-state index contributed by atoms with van der Waals surface area (Å²) >= 11 is 0. The molecule has 1 N–H and O–H groups in total. The number of aliphatic carboxylic acids is 1. The third kappa shape index (κ3) is 2.43. The van der Waals surface area contributed by atoms with Gasteiger partial charge in [0.2, 0.25) is 5.91 Å². The molecule has 2 saturated carbocycles. The van der Waals surface area contributed by atoms with Gasteiger partial charge >= 0.3 is 5.97 Å². The van der Waals surface area contributed by atoms with Gasteiger partial charge in [0.1, 0.15) is 6.54 Å². The third-order valence-corrected chi connectivity index (χ3v) is 6.68. The Labute approximate surface area is 118 Å². The van der Waals surface area contributed by atoms with Gasteiger partial charge in [-0.05, 0) is 31.1 Å². The Morgan fingerprint density at radius 2 is 1.80 bits per heavy atom. The van der Waals surface area contributed by atoms with Crippen molar-refractivity contribution < 1.29 is 23.1 Å². The fourth-order valence-corrected chi connectivity index (χ4v) is 5.66. The molecule has 0 aromatic carbocycles. The van der Waals surface area contributed by atoms with E-state index in [1.165, 1.54) is 4.90 Å². The van der Waals surface area contributed by atoms with E-state index in [1.54, 1.807) is 0 Å². The van der Waals surface area contributed by atoms with Gasteiger partial charge in [0.25, 0.3) is 0 Å². The molecule has 3 fully saturated rings. The van der Waals surface area contributed by atoms with E-state index in [0.717, 1.165) is 19.3 Å². The van der Waals surface area contributed by atoms with Gasteiger partial charge in [-0.2, -0.15) is 0 Å². The lowest BCUT2D eigenvalue weighted by molar-refractivity contribution is -0.146. The van der Waals surface area contributed by atoms with Crippen LogP contribution in [0, 0.1) is 17.8 Å². The normalized spacial score (nSPS) is 37.4. The van der Waals surface area contributed by atoms with Crippen LogP contribution in [0.3, 0.4) is 0 Å². The summed E-state index contributed by atoms with van der Waals surface area (Å²) in [7, 11) is -3.12. The lowest BCUT2D eigenvalue weighted by Crippen LogP contribution is -2.45. The lowest BCUT2D eigenvalue weighted by Gasteiger charge is -2.27. The second-order valence-electron chi connectivity index (χ2n) is 6.20. The molecule has 7 heteroatoms. The Hall–Kier alpha value is -1.11. The summed E-state index contributed by atoms with van der Waals surface area (Å²) in [5.74, 6) is -0.468. The van der Waals surface area contributed by atoms with E-state index in [-0.39, 0.29) is 29.9 Å². The standard InChI is InChI=1S/C13H19NO5S/c15-11(16)6-14(8-4-5-20(18,19)7-8)13(17)12-9-2-1-3-10(9)12/h8-10,12H,1-7H2,(H,15,16). The highest BCUT2D eigenvalue weighted by molar-refractivity contribution is 7.91. The molecule has 0 spiro atoms. The average molecular weight is 301 g/mol. The monoisotopic (exact) mass is 301 g/mol. The Kier molecular flexibility index (Phi) is 3.27. The Morgan fingerprint density at radius 3 is 2.30 bits per heavy atom. The van der Waals surface area contributed by atoms with Gasteiger partial charge in [-0.15, -0.1) is 0 Å². The van der Waals surface area contributed by atoms with E-state index in [2.05, 4.69) is 0 Å². The number of carboxylic acid groups (broad SMARTS) is 1. The van der Waals surface area contributed by atoms with Crippen LogP contribution in [0.4, 0.5) is 0 Å². The minimum absolute atomic E-state index is 0.0496. The molecule has 0 aromatic heterocycles. The van der Waals surface area contributed by atoms with E-state index < -0.39 is 21.8 Å². The Bertz CT molecular complexity index is 533. The van der Waals surface area contributed by atoms with Crippen molar-refractivity contribution in [3.05, 3.63) is 0 Å². The topological polar surface area (TPSA) is 91.8 Å². The summed E-state index contributed by atoms with van der Waals surface area (Å²) in [6.45, 7) is -0.380. The first-order valence-electron chi connectivity index (χ1n) is 7.12. The molecule has 3 unspecified atom stereocenters. The Balaban J connectivity index is 1.73. The molecular weight excluding hydrogens is 282 g/mol. The molecule has 0 aromatic rings. The van der Waals surface area contributed by atoms with Gasteiger partial charge in [-0.1, -0.05) is 6.42 Å². The maximum Gasteiger partial charge on any atom is 0.323 e. The largest absolute Gasteiger partial charge is 0.480 e. The molecular formula is C13H19NO5S. The molecule has 3 atom stereocenters. The zero-order valence-electron chi connectivity index (χ0n) is 11.2. The highest BCUT2D eigenvalue weighted by atomic mass is 32.2. The van der Waals surface area contributed by atoms with Crippen LogP contribution in [0.1, 0.15) is 25.7 Å². The van der Waals surface area contributed by atoms with Gasteiger partial charge in [0.05, 0.1) is 11.5 Å². The molecule has 2 aliphatic carbocycles. The van der Waals surface area contributed by atoms with Crippen LogP contribution >= 0.6 is 0 Å². The predicted molar refractivity (Wildman–Crippen MR) is 70.7 cm³/mol. The van der Waals surface area contributed by atoms with Gasteiger partial charge in [0.15, 0.2) is 9.84 Å². The summed E-state index contributed by atoms with van der Waals surface area (Å²) in [6.07, 6.45) is 3.61. The second kappa shape index (κ2) is 4.72. The quantitative estimate of drug-likeness (QED) is 0.797. The third-order valence-electron chi connectivity index (χ3n) is 4.93. The van der Waals surface area contributed by atoms with Crippen LogP contribution in [0.25, 0.3) is 0 Å². The van der Waals surface area contributed by atoms with Gasteiger partial charge < -0.3 is 10.0 Å². The number of amides is 1. The number of sulfone groups is 1. The number of carbonyl (C=O) groups is 2. The molecule has 1 amide bonds. The van der Waals surface area contributed by atoms with Crippen LogP contribution in [0.5, 0.6) is 0 Å². The van der Waals surface area contributed by atoms with Gasteiger partial charge in [0, 0.05) is 12.0 Å². The SMILES string of the molecule is O=C(O)CN(C(=O)C1C2CCCC21)C1CCS(=O)(=O)C1. The predicted octanol–water partition coefficient (Wildman–Crippen LogP) is 0.133. The fourth-order valence-electron chi connectivity index (χ4n) is 3.93. The molecule has 112 valence electrons. The van der Waals surface area contributed by atoms with E-state index in [0.29, 0.717) is 18.3 Å². The maximum atomic E-state index is 12.5. The van der Waals surface area contributed by atoms with Crippen LogP contribution in [0.2, 0.25) is 0 Å². The number of fused-ring (bicyclic) bond motifs is 1. The summed E-state index contributed by atoms with van der Waals surface area (Å²) in [4.78, 5) is 24.8. The zero-order chi connectivity index (χ0) is 14.5. The zero-order valence-corrected chi connectivity index (χ0v) is 12.0. The first-order chi connectivity index (χ1) is 9.39. The molecule has 3 rings (SSSR count). The number of hydrogen-bond donors (Lipinski definition) is 1. The van der Waals surface area contributed by atoms with Crippen molar-refractivity contribution in [2.75, 3.05) is 18.1 Å². The minimum atomic E-state index is -3.12. The first kappa shape index (κ1) is 13.9. The molecule has 3 aliphatic rings. The first-order valence-corrected chi connectivity index (χ1v) is 8.94. The van der Waals surface area contributed by atoms with Crippen LogP contribution in [0.15, 0.2) is 0 Å². The highest BCUT2D eigenvalue weighted by Gasteiger charge is 2.58. The number of rotatable bonds is 4. The van der Waals surface area contributed by atoms with Crippen molar-refractivity contribution in [3.8, 4) is 0 Å². The summed E-state index contributed by atoms with van der Waals surface area (Å²) in [5, 5.41) is 8.99. The van der Waals surface area contributed by atoms with Crippen molar-refractivity contribution in [3.63, 3.8) is 0 Å². The van der Waals surface area contributed by atoms with Crippen molar-refractivity contribution in [1.82, 2.24) is 4.90 Å². The van der Waals surface area contributed by atoms with Crippen molar-refractivity contribution in [2.24, 2.45) is 17.8 Å². The summed E-state index contributed by atoms with van der Waals surface area (Å²) < 4.78 is 23.1. The van der Waals surface area contributed by atoms with Crippen molar-refractivity contribution in [2.45, 2.75) is 31.7 Å². The van der Waals surface area contributed by atoms with E-state index >= 15 is 0 Å². The van der Waals surface area contributed by atoms with E-state index in [1.807, 2.05) is 0 Å². The minimum Gasteiger partial charge on any atom is -0.480 e. The van der Waals surface area contributed by atoms with Crippen LogP contribution in [-0.2, 0) is 19.4 Å². The smallest absolute Gasteiger partial charge is 0.323 e. The molecule has 0 radical (unpaired) electrons. The maximum absolute atomic E-state index is 12.5. The Morgan fingerprint density at radius 1 is 1.15 bits per heavy atom. The number of nitrogens with zero attached hydrogens (tertiary/aromatic N) is 1. The number of carboxylic acids is 1. The molecule has 1 heterocycles. The van der Waals surface area contributed by atoms with Crippen molar-refractivity contribution >= 4 is 21.7 Å². The molecule has 20 heavy (non-hydrogen) atoms. The van der Waals surface area contributed by atoms with Crippen LogP contribution in [-0.4, -0.2) is 54.4 Å².